The van der Waals surface area contributed by atoms with Crippen LogP contribution >= 0.6 is 11.3 Å². The molecule has 0 aliphatic heterocycles. The third-order valence-electron chi connectivity index (χ3n) is 3.58. The van der Waals surface area contributed by atoms with E-state index in [4.69, 9.17) is 4.98 Å². The third kappa shape index (κ3) is 2.47. The molecule has 0 bridgehead atoms. The van der Waals surface area contributed by atoms with Crippen molar-refractivity contribution >= 4 is 16.9 Å². The molecule has 0 aromatic carbocycles. The molecule has 1 aliphatic carbocycles. The lowest BCUT2D eigenvalue weighted by Gasteiger charge is -2.09. The van der Waals surface area contributed by atoms with Gasteiger partial charge >= 0.3 is 0 Å². The minimum atomic E-state index is 0.496. The van der Waals surface area contributed by atoms with Gasteiger partial charge in [0.25, 0.3) is 0 Å². The Bertz CT molecular complexity index is 611. The van der Waals surface area contributed by atoms with E-state index in [0.29, 0.717) is 5.92 Å². The normalized spacial score (nSPS) is 15.0. The maximum atomic E-state index is 4.82. The molecular weight excluding hydrogens is 252 g/mol. The van der Waals surface area contributed by atoms with E-state index in [1.54, 1.807) is 11.3 Å². The van der Waals surface area contributed by atoms with Gasteiger partial charge in [0.15, 0.2) is 0 Å². The molecule has 2 aromatic heterocycles. The zero-order chi connectivity index (χ0) is 13.2. The van der Waals surface area contributed by atoms with Crippen LogP contribution in [-0.2, 0) is 0 Å². The van der Waals surface area contributed by atoms with Gasteiger partial charge in [0, 0.05) is 23.3 Å². The molecule has 0 N–H and O–H groups in total. The average molecular weight is 270 g/mol. The van der Waals surface area contributed by atoms with Crippen LogP contribution in [0, 0.1) is 0 Å². The van der Waals surface area contributed by atoms with Crippen LogP contribution in [0.25, 0.3) is 16.1 Å². The Labute approximate surface area is 118 Å². The van der Waals surface area contributed by atoms with Crippen molar-refractivity contribution in [2.75, 3.05) is 0 Å². The summed E-state index contributed by atoms with van der Waals surface area (Å²) in [6.07, 6.45) is 9.78. The quantitative estimate of drug-likeness (QED) is 0.793. The number of allylic oxidation sites excluding steroid dienone is 2. The van der Waals surface area contributed by atoms with Crippen molar-refractivity contribution in [1.29, 1.82) is 0 Å². The molecule has 3 rings (SSSR count). The SMILES string of the molecule is CC(C)c1ccncc1-c1nc(C2=CCCC2)cs1. The highest BCUT2D eigenvalue weighted by Crippen LogP contribution is 2.34. The largest absolute Gasteiger partial charge is 0.264 e. The van der Waals surface area contributed by atoms with E-state index in [2.05, 4.69) is 36.4 Å². The average Bonchev–Trinajstić information content (AvgIpc) is 3.09. The van der Waals surface area contributed by atoms with E-state index in [9.17, 15) is 0 Å². The summed E-state index contributed by atoms with van der Waals surface area (Å²) in [4.78, 5) is 9.08. The van der Waals surface area contributed by atoms with Crippen molar-refractivity contribution in [1.82, 2.24) is 9.97 Å². The van der Waals surface area contributed by atoms with E-state index < -0.39 is 0 Å². The summed E-state index contributed by atoms with van der Waals surface area (Å²) >= 11 is 1.73. The minimum absolute atomic E-state index is 0.496. The van der Waals surface area contributed by atoms with Gasteiger partial charge in [-0.05, 0) is 42.4 Å². The molecule has 0 amide bonds. The molecule has 19 heavy (non-hydrogen) atoms. The fourth-order valence-electron chi connectivity index (χ4n) is 2.54. The van der Waals surface area contributed by atoms with Gasteiger partial charge in [0.05, 0.1) is 5.69 Å². The zero-order valence-electron chi connectivity index (χ0n) is 11.4. The summed E-state index contributed by atoms with van der Waals surface area (Å²) in [6.45, 7) is 4.43. The molecule has 2 heterocycles. The molecule has 0 fully saturated rings. The first kappa shape index (κ1) is 12.5. The topological polar surface area (TPSA) is 25.8 Å². The maximum absolute atomic E-state index is 4.82. The highest BCUT2D eigenvalue weighted by atomic mass is 32.1. The number of rotatable bonds is 3. The van der Waals surface area contributed by atoms with Crippen molar-refractivity contribution in [3.8, 4) is 10.6 Å². The van der Waals surface area contributed by atoms with Crippen LogP contribution in [0.5, 0.6) is 0 Å². The van der Waals surface area contributed by atoms with Crippen LogP contribution in [-0.4, -0.2) is 9.97 Å². The molecule has 2 nitrogen and oxygen atoms in total. The summed E-state index contributed by atoms with van der Waals surface area (Å²) in [6, 6.07) is 2.11. The van der Waals surface area contributed by atoms with Crippen molar-refractivity contribution in [3.63, 3.8) is 0 Å². The van der Waals surface area contributed by atoms with E-state index in [1.807, 2.05) is 12.4 Å². The standard InChI is InChI=1S/C16H18N2S/c1-11(2)13-7-8-17-9-14(13)16-18-15(10-19-16)12-5-3-4-6-12/h5,7-11H,3-4,6H2,1-2H3. The monoisotopic (exact) mass is 270 g/mol. The number of thiazole rings is 1. The van der Waals surface area contributed by atoms with Crippen LogP contribution < -0.4 is 0 Å². The summed E-state index contributed by atoms with van der Waals surface area (Å²) in [7, 11) is 0. The lowest BCUT2D eigenvalue weighted by atomic mass is 10.00. The van der Waals surface area contributed by atoms with Crippen LogP contribution in [0.3, 0.4) is 0 Å². The zero-order valence-corrected chi connectivity index (χ0v) is 12.2. The second-order valence-corrected chi connectivity index (χ2v) is 6.14. The molecule has 0 atom stereocenters. The van der Waals surface area contributed by atoms with E-state index in [0.717, 1.165) is 10.7 Å². The molecule has 0 radical (unpaired) electrons. The number of hydrogen-bond acceptors (Lipinski definition) is 3. The van der Waals surface area contributed by atoms with Gasteiger partial charge in [0.2, 0.25) is 0 Å². The maximum Gasteiger partial charge on any atom is 0.125 e. The molecule has 3 heteroatoms. The Hall–Kier alpha value is -1.48. The summed E-state index contributed by atoms with van der Waals surface area (Å²) in [5.74, 6) is 0.496. The van der Waals surface area contributed by atoms with Crippen molar-refractivity contribution < 1.29 is 0 Å². The molecule has 2 aromatic rings. The van der Waals surface area contributed by atoms with Crippen molar-refractivity contribution in [2.45, 2.75) is 39.0 Å². The van der Waals surface area contributed by atoms with E-state index in [1.165, 1.54) is 36.0 Å². The molecule has 98 valence electrons. The van der Waals surface area contributed by atoms with Gasteiger partial charge < -0.3 is 0 Å². The molecule has 0 unspecified atom stereocenters. The fraction of sp³-hybridized carbons (Fsp3) is 0.375. The Kier molecular flexibility index (Phi) is 3.47. The second-order valence-electron chi connectivity index (χ2n) is 5.28. The fourth-order valence-corrected chi connectivity index (χ4v) is 3.41. The van der Waals surface area contributed by atoms with Crippen LogP contribution in [0.4, 0.5) is 0 Å². The Morgan fingerprint density at radius 3 is 2.95 bits per heavy atom. The third-order valence-corrected chi connectivity index (χ3v) is 4.46. The van der Waals surface area contributed by atoms with Gasteiger partial charge in [-0.15, -0.1) is 11.3 Å². The predicted molar refractivity (Wildman–Crippen MR) is 81.3 cm³/mol. The van der Waals surface area contributed by atoms with Gasteiger partial charge in [-0.1, -0.05) is 19.9 Å². The number of hydrogen-bond donors (Lipinski definition) is 0. The molecule has 0 saturated carbocycles. The van der Waals surface area contributed by atoms with Gasteiger partial charge in [-0.2, -0.15) is 0 Å². The second kappa shape index (κ2) is 5.25. The lowest BCUT2D eigenvalue weighted by molar-refractivity contribution is 0.865. The number of pyridine rings is 1. The van der Waals surface area contributed by atoms with Crippen LogP contribution in [0.2, 0.25) is 0 Å². The number of aromatic nitrogens is 2. The summed E-state index contributed by atoms with van der Waals surface area (Å²) < 4.78 is 0. The van der Waals surface area contributed by atoms with Crippen LogP contribution in [0.15, 0.2) is 29.9 Å². The first-order valence-corrected chi connectivity index (χ1v) is 7.73. The highest BCUT2D eigenvalue weighted by molar-refractivity contribution is 7.13. The lowest BCUT2D eigenvalue weighted by Crippen LogP contribution is -1.93. The minimum Gasteiger partial charge on any atom is -0.264 e. The first-order chi connectivity index (χ1) is 9.25. The summed E-state index contributed by atoms with van der Waals surface area (Å²) in [5, 5.41) is 3.28. The van der Waals surface area contributed by atoms with Crippen molar-refractivity contribution in [3.05, 3.63) is 41.2 Å². The van der Waals surface area contributed by atoms with Gasteiger partial charge in [-0.25, -0.2) is 4.98 Å². The van der Waals surface area contributed by atoms with Gasteiger partial charge in [0.1, 0.15) is 5.01 Å². The molecular formula is C16H18N2S. The Balaban J connectivity index is 1.99. The Morgan fingerprint density at radius 2 is 2.21 bits per heavy atom. The van der Waals surface area contributed by atoms with E-state index >= 15 is 0 Å². The van der Waals surface area contributed by atoms with E-state index in [-0.39, 0.29) is 0 Å². The highest BCUT2D eigenvalue weighted by Gasteiger charge is 2.15. The van der Waals surface area contributed by atoms with Crippen molar-refractivity contribution in [2.24, 2.45) is 0 Å². The summed E-state index contributed by atoms with van der Waals surface area (Å²) in [5.41, 5.74) is 5.09. The first-order valence-electron chi connectivity index (χ1n) is 6.85. The molecule has 0 saturated heterocycles. The predicted octanol–water partition coefficient (Wildman–Crippen LogP) is 4.90. The van der Waals surface area contributed by atoms with Gasteiger partial charge in [-0.3, -0.25) is 4.98 Å². The molecule has 0 spiro atoms. The molecule has 1 aliphatic rings. The number of nitrogens with zero attached hydrogens (tertiary/aromatic N) is 2. The Morgan fingerprint density at radius 1 is 1.32 bits per heavy atom. The van der Waals surface area contributed by atoms with Crippen LogP contribution in [0.1, 0.15) is 50.3 Å². The smallest absolute Gasteiger partial charge is 0.125 e.